The monoisotopic (exact) mass is 475 g/mol. The summed E-state index contributed by atoms with van der Waals surface area (Å²) >= 11 is 0. The van der Waals surface area contributed by atoms with Crippen LogP contribution in [-0.2, 0) is 6.42 Å². The van der Waals surface area contributed by atoms with Crippen molar-refractivity contribution in [2.24, 2.45) is 0 Å². The molecule has 3 N–H and O–H groups in total. The van der Waals surface area contributed by atoms with Crippen molar-refractivity contribution in [3.63, 3.8) is 0 Å². The minimum atomic E-state index is -0.320. The van der Waals surface area contributed by atoms with Crippen LogP contribution >= 0.6 is 0 Å². The lowest BCUT2D eigenvalue weighted by Crippen LogP contribution is -2.27. The molecule has 8 heteroatoms. The number of rotatable bonds is 9. The Kier molecular flexibility index (Phi) is 7.62. The quantitative estimate of drug-likeness (QED) is 0.439. The first kappa shape index (κ1) is 24.2. The van der Waals surface area contributed by atoms with Gasteiger partial charge in [0.05, 0.1) is 12.2 Å². The number of aliphatic hydroxyl groups excluding tert-OH is 1. The zero-order valence-electron chi connectivity index (χ0n) is 19.8. The van der Waals surface area contributed by atoms with Gasteiger partial charge in [-0.3, -0.25) is 14.6 Å². The Balaban J connectivity index is 1.64. The molecule has 3 aromatic rings. The van der Waals surface area contributed by atoms with Gasteiger partial charge in [-0.05, 0) is 54.8 Å². The Morgan fingerprint density at radius 1 is 1.14 bits per heavy atom. The number of amides is 2. The van der Waals surface area contributed by atoms with Crippen LogP contribution in [0.5, 0.6) is 11.5 Å². The van der Waals surface area contributed by atoms with Crippen LogP contribution < -0.4 is 20.1 Å². The van der Waals surface area contributed by atoms with E-state index in [1.54, 1.807) is 31.6 Å². The Labute approximate surface area is 204 Å². The lowest BCUT2D eigenvalue weighted by molar-refractivity contribution is 0.0954. The molecule has 2 aromatic carbocycles. The number of pyridine rings is 1. The third-order valence-corrected chi connectivity index (χ3v) is 5.96. The molecule has 1 aromatic heterocycles. The number of nitrogens with one attached hydrogen (secondary N) is 2. The zero-order chi connectivity index (χ0) is 24.8. The van der Waals surface area contributed by atoms with E-state index < -0.39 is 0 Å². The van der Waals surface area contributed by atoms with E-state index in [1.807, 2.05) is 43.3 Å². The van der Waals surface area contributed by atoms with Gasteiger partial charge in [0.1, 0.15) is 24.2 Å². The van der Waals surface area contributed by atoms with Crippen LogP contribution in [0.1, 0.15) is 50.2 Å². The molecule has 0 aliphatic carbocycles. The fourth-order valence-electron chi connectivity index (χ4n) is 4.34. The van der Waals surface area contributed by atoms with E-state index in [-0.39, 0.29) is 37.0 Å². The highest BCUT2D eigenvalue weighted by molar-refractivity contribution is 6.02. The minimum absolute atomic E-state index is 0.0786. The van der Waals surface area contributed by atoms with Crippen LogP contribution in [0.4, 0.5) is 0 Å². The third-order valence-electron chi connectivity index (χ3n) is 5.96. The van der Waals surface area contributed by atoms with Crippen LogP contribution in [-0.4, -0.2) is 54.8 Å². The molecule has 0 bridgehead atoms. The summed E-state index contributed by atoms with van der Waals surface area (Å²) in [5.74, 6) is 0.331. The summed E-state index contributed by atoms with van der Waals surface area (Å²) < 4.78 is 11.7. The summed E-state index contributed by atoms with van der Waals surface area (Å²) in [5.41, 5.74) is 3.45. The zero-order valence-corrected chi connectivity index (χ0v) is 19.8. The second-order valence-corrected chi connectivity index (χ2v) is 8.33. The number of fused-ring (bicyclic) bond motifs is 1. The van der Waals surface area contributed by atoms with Gasteiger partial charge in [-0.2, -0.15) is 0 Å². The highest BCUT2D eigenvalue weighted by atomic mass is 16.5. The predicted molar refractivity (Wildman–Crippen MR) is 131 cm³/mol. The highest BCUT2D eigenvalue weighted by Crippen LogP contribution is 2.45. The second-order valence-electron chi connectivity index (χ2n) is 8.33. The van der Waals surface area contributed by atoms with E-state index in [2.05, 4.69) is 15.6 Å². The van der Waals surface area contributed by atoms with E-state index in [9.17, 15) is 9.59 Å². The normalized spacial score (nSPS) is 16.2. The largest absolute Gasteiger partial charge is 0.491 e. The average Bonchev–Trinajstić information content (AvgIpc) is 3.22. The summed E-state index contributed by atoms with van der Waals surface area (Å²) in [4.78, 5) is 29.8. The van der Waals surface area contributed by atoms with Crippen LogP contribution in [0.15, 0.2) is 60.9 Å². The SMILES string of the molecule is CNC(=O)c1cc(C(=O)NCCc2cccnc2)cc2c1OC(C)C2c1cccc(OCCO)c1. The molecule has 0 radical (unpaired) electrons. The Bertz CT molecular complexity index is 1200. The first-order valence-corrected chi connectivity index (χ1v) is 11.6. The molecular formula is C27H29N3O5. The van der Waals surface area contributed by atoms with Gasteiger partial charge in [0.25, 0.3) is 11.8 Å². The van der Waals surface area contributed by atoms with E-state index in [1.165, 1.54) is 0 Å². The molecule has 1 aliphatic heterocycles. The molecule has 182 valence electrons. The number of nitrogens with zero attached hydrogens (tertiary/aromatic N) is 1. The first-order chi connectivity index (χ1) is 17.0. The van der Waals surface area contributed by atoms with Crippen molar-refractivity contribution in [2.75, 3.05) is 26.8 Å². The smallest absolute Gasteiger partial charge is 0.254 e. The minimum Gasteiger partial charge on any atom is -0.491 e. The van der Waals surface area contributed by atoms with Gasteiger partial charge in [-0.25, -0.2) is 0 Å². The molecule has 2 atom stereocenters. The number of aliphatic hydroxyl groups is 1. The van der Waals surface area contributed by atoms with Crippen molar-refractivity contribution in [3.05, 3.63) is 88.7 Å². The van der Waals surface area contributed by atoms with Crippen molar-refractivity contribution < 1.29 is 24.2 Å². The average molecular weight is 476 g/mol. The van der Waals surface area contributed by atoms with Gasteiger partial charge in [0, 0.05) is 43.0 Å². The van der Waals surface area contributed by atoms with Gasteiger partial charge < -0.3 is 25.2 Å². The lowest BCUT2D eigenvalue weighted by atomic mass is 9.86. The number of aromatic nitrogens is 1. The molecule has 2 amide bonds. The molecule has 2 heterocycles. The van der Waals surface area contributed by atoms with Crippen molar-refractivity contribution in [1.29, 1.82) is 0 Å². The summed E-state index contributed by atoms with van der Waals surface area (Å²) in [6.45, 7) is 2.50. The van der Waals surface area contributed by atoms with E-state index in [4.69, 9.17) is 14.6 Å². The maximum absolute atomic E-state index is 13.1. The van der Waals surface area contributed by atoms with Crippen molar-refractivity contribution in [3.8, 4) is 11.5 Å². The number of carbonyl (C=O) groups excluding carboxylic acids is 2. The van der Waals surface area contributed by atoms with Gasteiger partial charge in [0.2, 0.25) is 0 Å². The standard InChI is InChI=1S/C27H29N3O5/c1-17-24(19-6-3-7-21(13-19)34-12-11-31)22-14-20(15-23(25(22)35-17)27(33)28-2)26(32)30-10-8-18-5-4-9-29-16-18/h3-7,9,13-17,24,31H,8,10-12H2,1-2H3,(H,28,33)(H,30,32). The van der Waals surface area contributed by atoms with Gasteiger partial charge >= 0.3 is 0 Å². The van der Waals surface area contributed by atoms with Crippen molar-refractivity contribution >= 4 is 11.8 Å². The Morgan fingerprint density at radius 2 is 2.00 bits per heavy atom. The third kappa shape index (κ3) is 5.44. The van der Waals surface area contributed by atoms with Crippen LogP contribution in [0, 0.1) is 0 Å². The van der Waals surface area contributed by atoms with Crippen molar-refractivity contribution in [1.82, 2.24) is 15.6 Å². The molecule has 4 rings (SSSR count). The molecular weight excluding hydrogens is 446 g/mol. The van der Waals surface area contributed by atoms with E-state index >= 15 is 0 Å². The molecule has 35 heavy (non-hydrogen) atoms. The van der Waals surface area contributed by atoms with Crippen LogP contribution in [0.3, 0.4) is 0 Å². The molecule has 0 spiro atoms. The van der Waals surface area contributed by atoms with Crippen molar-refractivity contribution in [2.45, 2.75) is 25.4 Å². The summed E-state index contributed by atoms with van der Waals surface area (Å²) in [6.07, 6.45) is 3.87. The van der Waals surface area contributed by atoms with Gasteiger partial charge in [-0.1, -0.05) is 18.2 Å². The molecule has 0 saturated heterocycles. The highest BCUT2D eigenvalue weighted by Gasteiger charge is 2.36. The molecule has 1 aliphatic rings. The van der Waals surface area contributed by atoms with Gasteiger partial charge in [0.15, 0.2) is 0 Å². The Morgan fingerprint density at radius 3 is 2.74 bits per heavy atom. The van der Waals surface area contributed by atoms with Gasteiger partial charge in [-0.15, -0.1) is 0 Å². The maximum Gasteiger partial charge on any atom is 0.254 e. The number of ether oxygens (including phenoxy) is 2. The topological polar surface area (TPSA) is 110 Å². The summed E-state index contributed by atoms with van der Waals surface area (Å²) in [7, 11) is 1.55. The fraction of sp³-hybridized carbons (Fsp3) is 0.296. The summed E-state index contributed by atoms with van der Waals surface area (Å²) in [5, 5.41) is 14.7. The number of carbonyl (C=O) groups is 2. The number of hydrogen-bond acceptors (Lipinski definition) is 6. The molecule has 0 fully saturated rings. The Hall–Kier alpha value is -3.91. The number of benzene rings is 2. The van der Waals surface area contributed by atoms with Crippen LogP contribution in [0.25, 0.3) is 0 Å². The molecule has 0 saturated carbocycles. The number of hydrogen-bond donors (Lipinski definition) is 3. The molecule has 8 nitrogen and oxygen atoms in total. The fourth-order valence-corrected chi connectivity index (χ4v) is 4.34. The first-order valence-electron chi connectivity index (χ1n) is 11.6. The predicted octanol–water partition coefficient (Wildman–Crippen LogP) is 2.70. The van der Waals surface area contributed by atoms with E-state index in [0.29, 0.717) is 35.6 Å². The molecule has 2 unspecified atom stereocenters. The second kappa shape index (κ2) is 11.0. The lowest BCUT2D eigenvalue weighted by Gasteiger charge is -2.17. The van der Waals surface area contributed by atoms with E-state index in [0.717, 1.165) is 16.7 Å². The maximum atomic E-state index is 13.1. The van der Waals surface area contributed by atoms with Crippen LogP contribution in [0.2, 0.25) is 0 Å². The summed E-state index contributed by atoms with van der Waals surface area (Å²) in [6, 6.07) is 14.8.